The minimum absolute atomic E-state index is 0.0785. The molecule has 2 aliphatic heterocycles. The molecule has 10 heteroatoms. The van der Waals surface area contributed by atoms with Gasteiger partial charge in [0.25, 0.3) is 0 Å². The Hall–Kier alpha value is -3.82. The zero-order valence-electron chi connectivity index (χ0n) is 30.3. The lowest BCUT2D eigenvalue weighted by atomic mass is 9.77. The van der Waals surface area contributed by atoms with E-state index in [1.165, 1.54) is 24.3 Å². The summed E-state index contributed by atoms with van der Waals surface area (Å²) in [7, 11) is 0. The number of rotatable bonds is 8. The van der Waals surface area contributed by atoms with E-state index in [1.54, 1.807) is 12.2 Å². The maximum absolute atomic E-state index is 14.0. The molecule has 0 spiro atoms. The molecule has 1 N–H and O–H groups in total. The van der Waals surface area contributed by atoms with Gasteiger partial charge < -0.3 is 10.0 Å². The number of benzene rings is 2. The van der Waals surface area contributed by atoms with Crippen molar-refractivity contribution in [1.29, 1.82) is 0 Å². The summed E-state index contributed by atoms with van der Waals surface area (Å²) in [6.07, 6.45) is 5.06. The van der Waals surface area contributed by atoms with Gasteiger partial charge in [-0.1, -0.05) is 65.2 Å². The molecule has 52 heavy (non-hydrogen) atoms. The number of nitrogens with zero attached hydrogens (tertiary/aromatic N) is 2. The third-order valence-electron chi connectivity index (χ3n) is 12.5. The van der Waals surface area contributed by atoms with E-state index in [4.69, 9.17) is 0 Å². The molecular formula is C42H47F6N2O2+. The highest BCUT2D eigenvalue weighted by Gasteiger charge is 2.49. The van der Waals surface area contributed by atoms with E-state index in [0.717, 1.165) is 76.3 Å². The van der Waals surface area contributed by atoms with Crippen molar-refractivity contribution in [2.75, 3.05) is 18.0 Å². The fourth-order valence-electron chi connectivity index (χ4n) is 9.31. The zero-order valence-corrected chi connectivity index (χ0v) is 30.3. The Kier molecular flexibility index (Phi) is 9.09. The number of Topliss-reactive ketones (excluding diaryl/α,β-unsaturated/α-hetero) is 1. The molecule has 0 aromatic heterocycles. The van der Waals surface area contributed by atoms with E-state index in [0.29, 0.717) is 58.8 Å². The van der Waals surface area contributed by atoms with Crippen molar-refractivity contribution in [2.24, 2.45) is 11.8 Å². The minimum atomic E-state index is -4.51. The zero-order chi connectivity index (χ0) is 37.4. The van der Waals surface area contributed by atoms with Crippen molar-refractivity contribution in [3.63, 3.8) is 0 Å². The molecule has 4 nitrogen and oxygen atoms in total. The number of alkyl halides is 6. The third-order valence-corrected chi connectivity index (χ3v) is 12.5. The summed E-state index contributed by atoms with van der Waals surface area (Å²) < 4.78 is 85.0. The summed E-state index contributed by atoms with van der Waals surface area (Å²) in [5.41, 5.74) is 0.557. The monoisotopic (exact) mass is 725 g/mol. The second kappa shape index (κ2) is 12.9. The molecule has 0 radical (unpaired) electrons. The fraction of sp³-hybridized carbons (Fsp3) is 0.524. The molecule has 2 aromatic carbocycles. The molecule has 278 valence electrons. The standard InChI is InChI=1S/C42H46F6N2O2/c1-39(2)31-21-27(41(43,44)45)13-15-33(31)49(19-17-25-9-5-6-10-25)35(39)23-29-37(51)30(38(29)52)24-36-40(3,4)32-22-28(42(46,47)48)14-16-34(32)50(36)20-18-26-11-7-8-12-26/h13-16,21-26H,5-12,17-20H2,1-4H3/p+1. The molecule has 2 fully saturated rings. The highest BCUT2D eigenvalue weighted by Crippen LogP contribution is 2.51. The first-order valence-electron chi connectivity index (χ1n) is 18.7. The van der Waals surface area contributed by atoms with Gasteiger partial charge in [-0.05, 0) is 74.1 Å². The van der Waals surface area contributed by atoms with Crippen molar-refractivity contribution in [1.82, 2.24) is 0 Å². The SMILES string of the molecule is CC1(C)C(C=C2C(=O)C(/C=C3\N(CCC4CCCC4)c4ccc(C(F)(F)F)cc4C3(C)C)=C2O)=[N+](CCC2CCCC2)c2ccc(C(F)(F)F)cc21. The predicted molar refractivity (Wildman–Crippen MR) is 190 cm³/mol. The highest BCUT2D eigenvalue weighted by molar-refractivity contribution is 6.24. The van der Waals surface area contributed by atoms with Gasteiger partial charge in [0.2, 0.25) is 11.5 Å². The maximum Gasteiger partial charge on any atom is 0.416 e. The molecule has 0 unspecified atom stereocenters. The minimum Gasteiger partial charge on any atom is -0.506 e. The molecule has 2 heterocycles. The van der Waals surface area contributed by atoms with Gasteiger partial charge in [-0.3, -0.25) is 4.79 Å². The predicted octanol–water partition coefficient (Wildman–Crippen LogP) is 11.3. The van der Waals surface area contributed by atoms with E-state index in [2.05, 4.69) is 0 Å². The Morgan fingerprint density at radius 1 is 0.788 bits per heavy atom. The maximum atomic E-state index is 14.0. The number of aliphatic hydroxyl groups excluding tert-OH is 1. The third kappa shape index (κ3) is 6.31. The summed E-state index contributed by atoms with van der Waals surface area (Å²) in [5.74, 6) is 0.418. The van der Waals surface area contributed by atoms with Gasteiger partial charge in [-0.2, -0.15) is 30.9 Å². The number of carbonyl (C=O) groups excluding carboxylic acids is 1. The fourth-order valence-corrected chi connectivity index (χ4v) is 9.31. The highest BCUT2D eigenvalue weighted by atomic mass is 19.4. The summed E-state index contributed by atoms with van der Waals surface area (Å²) in [4.78, 5) is 16.0. The largest absolute Gasteiger partial charge is 0.506 e. The topological polar surface area (TPSA) is 43.6 Å². The first-order valence-corrected chi connectivity index (χ1v) is 18.7. The Bertz CT molecular complexity index is 1910. The molecule has 2 saturated carbocycles. The molecule has 0 bridgehead atoms. The van der Waals surface area contributed by atoms with Gasteiger partial charge in [0, 0.05) is 47.5 Å². The van der Waals surface area contributed by atoms with Gasteiger partial charge in [0.1, 0.15) is 12.3 Å². The lowest BCUT2D eigenvalue weighted by molar-refractivity contribution is -0.439. The van der Waals surface area contributed by atoms with Crippen LogP contribution >= 0.6 is 0 Å². The Labute approximate surface area is 301 Å². The van der Waals surface area contributed by atoms with Gasteiger partial charge >= 0.3 is 12.4 Å². The van der Waals surface area contributed by atoms with E-state index in [1.807, 2.05) is 37.2 Å². The van der Waals surface area contributed by atoms with Crippen LogP contribution in [0.25, 0.3) is 0 Å². The lowest BCUT2D eigenvalue weighted by Gasteiger charge is -2.30. The van der Waals surface area contributed by atoms with E-state index < -0.39 is 40.1 Å². The van der Waals surface area contributed by atoms with Gasteiger partial charge in [-0.25, -0.2) is 0 Å². The van der Waals surface area contributed by atoms with Crippen LogP contribution in [0.4, 0.5) is 37.7 Å². The normalized spacial score (nSPS) is 23.4. The quantitative estimate of drug-likeness (QED) is 0.167. The van der Waals surface area contributed by atoms with Crippen molar-refractivity contribution >= 4 is 22.9 Å². The average Bonchev–Trinajstić information content (AvgIpc) is 3.87. The van der Waals surface area contributed by atoms with Crippen LogP contribution in [0.15, 0.2) is 71.2 Å². The Morgan fingerprint density at radius 2 is 1.35 bits per heavy atom. The second-order valence-electron chi connectivity index (χ2n) is 16.5. The first kappa shape index (κ1) is 36.5. The molecule has 7 rings (SSSR count). The number of ketones is 1. The van der Waals surface area contributed by atoms with Crippen LogP contribution in [-0.2, 0) is 28.0 Å². The number of hydrogen-bond acceptors (Lipinski definition) is 3. The van der Waals surface area contributed by atoms with Crippen LogP contribution in [0.2, 0.25) is 0 Å². The molecular weight excluding hydrogens is 678 g/mol. The smallest absolute Gasteiger partial charge is 0.416 e. The Morgan fingerprint density at radius 3 is 1.92 bits per heavy atom. The molecule has 3 aliphatic carbocycles. The van der Waals surface area contributed by atoms with Crippen LogP contribution in [-0.4, -0.2) is 34.3 Å². The summed E-state index contributed by atoms with van der Waals surface area (Å²) in [6.45, 7) is 8.52. The Balaban J connectivity index is 1.27. The number of fused-ring (bicyclic) bond motifs is 2. The van der Waals surface area contributed by atoms with Crippen LogP contribution in [0.1, 0.15) is 114 Å². The summed E-state index contributed by atoms with van der Waals surface area (Å²) in [6, 6.07) is 7.61. The average molecular weight is 726 g/mol. The van der Waals surface area contributed by atoms with E-state index in [9.17, 15) is 36.2 Å². The second-order valence-corrected chi connectivity index (χ2v) is 16.5. The summed E-state index contributed by atoms with van der Waals surface area (Å²) in [5, 5.41) is 11.5. The number of anilines is 1. The molecule has 2 aromatic rings. The van der Waals surface area contributed by atoms with Crippen LogP contribution in [0.3, 0.4) is 0 Å². The van der Waals surface area contributed by atoms with E-state index in [-0.39, 0.29) is 16.9 Å². The number of allylic oxidation sites excluding steroid dienone is 5. The van der Waals surface area contributed by atoms with Crippen LogP contribution < -0.4 is 4.90 Å². The van der Waals surface area contributed by atoms with Crippen LogP contribution in [0, 0.1) is 11.8 Å². The first-order chi connectivity index (χ1) is 24.4. The van der Waals surface area contributed by atoms with Gasteiger partial charge in [-0.15, -0.1) is 0 Å². The van der Waals surface area contributed by atoms with Gasteiger partial charge in [0.05, 0.1) is 27.7 Å². The lowest BCUT2D eigenvalue weighted by Crippen LogP contribution is -2.32. The summed E-state index contributed by atoms with van der Waals surface area (Å²) >= 11 is 0. The number of hydrogen-bond donors (Lipinski definition) is 1. The van der Waals surface area contributed by atoms with Crippen molar-refractivity contribution in [3.05, 3.63) is 93.4 Å². The van der Waals surface area contributed by atoms with Crippen LogP contribution in [0.5, 0.6) is 0 Å². The van der Waals surface area contributed by atoms with Gasteiger partial charge in [0.15, 0.2) is 5.71 Å². The number of halogens is 6. The number of carbonyl (C=O) groups is 1. The number of aliphatic hydroxyl groups is 1. The van der Waals surface area contributed by atoms with Crippen molar-refractivity contribution < 1.29 is 40.8 Å². The van der Waals surface area contributed by atoms with Crippen molar-refractivity contribution in [2.45, 2.75) is 115 Å². The molecule has 0 saturated heterocycles. The van der Waals surface area contributed by atoms with E-state index >= 15 is 0 Å². The molecule has 5 aliphatic rings. The van der Waals surface area contributed by atoms with Crippen molar-refractivity contribution in [3.8, 4) is 0 Å². The molecule has 0 amide bonds. The molecule has 0 atom stereocenters.